The zero-order valence-corrected chi connectivity index (χ0v) is 11.9. The van der Waals surface area contributed by atoms with Gasteiger partial charge in [-0.05, 0) is 17.7 Å². The van der Waals surface area contributed by atoms with Crippen molar-refractivity contribution in [2.24, 2.45) is 0 Å². The first-order valence-electron chi connectivity index (χ1n) is 5.99. The van der Waals surface area contributed by atoms with Crippen LogP contribution in [0.1, 0.15) is 5.56 Å². The maximum absolute atomic E-state index is 5.96. The van der Waals surface area contributed by atoms with Crippen molar-refractivity contribution < 1.29 is 4.74 Å². The number of benzene rings is 1. The largest absolute Gasteiger partial charge is 0.437 e. The smallest absolute Gasteiger partial charge is 0.219 e. The highest BCUT2D eigenvalue weighted by Crippen LogP contribution is 2.26. The molecule has 1 aromatic carbocycles. The summed E-state index contributed by atoms with van der Waals surface area (Å²) in [7, 11) is 0. The third-order valence-electron chi connectivity index (χ3n) is 2.84. The molecule has 0 N–H and O–H groups in total. The van der Waals surface area contributed by atoms with E-state index in [2.05, 4.69) is 9.97 Å². The summed E-state index contributed by atoms with van der Waals surface area (Å²) in [6, 6.07) is 11.5. The highest BCUT2D eigenvalue weighted by molar-refractivity contribution is 6.32. The topological polar surface area (TPSA) is 35.0 Å². The Morgan fingerprint density at radius 2 is 1.90 bits per heavy atom. The fourth-order valence-corrected chi connectivity index (χ4v) is 2.30. The van der Waals surface area contributed by atoms with Gasteiger partial charge >= 0.3 is 0 Å². The van der Waals surface area contributed by atoms with E-state index in [9.17, 15) is 0 Å². The number of para-hydroxylation sites is 1. The molecule has 0 amide bonds. The van der Waals surface area contributed by atoms with Crippen molar-refractivity contribution >= 4 is 34.1 Å². The van der Waals surface area contributed by atoms with Crippen molar-refractivity contribution in [1.29, 1.82) is 0 Å². The zero-order valence-electron chi connectivity index (χ0n) is 10.4. The number of aromatic nitrogens is 2. The van der Waals surface area contributed by atoms with Crippen LogP contribution in [0.4, 0.5) is 0 Å². The molecule has 0 aliphatic carbocycles. The van der Waals surface area contributed by atoms with Crippen molar-refractivity contribution in [2.75, 3.05) is 0 Å². The number of fused-ring (bicyclic) bond motifs is 1. The van der Waals surface area contributed by atoms with Crippen LogP contribution < -0.4 is 4.74 Å². The summed E-state index contributed by atoms with van der Waals surface area (Å²) in [5.74, 6) is 1.38. The van der Waals surface area contributed by atoms with Crippen LogP contribution in [-0.2, 0) is 5.88 Å². The number of hydrogen-bond donors (Lipinski definition) is 0. The third-order valence-corrected chi connectivity index (χ3v) is 3.47. The summed E-state index contributed by atoms with van der Waals surface area (Å²) < 4.78 is 5.69. The van der Waals surface area contributed by atoms with Gasteiger partial charge in [-0.2, -0.15) is 0 Å². The minimum atomic E-state index is 0.313. The molecule has 0 aliphatic rings. The summed E-state index contributed by atoms with van der Waals surface area (Å²) in [6.07, 6.45) is 3.20. The Morgan fingerprint density at radius 1 is 1.05 bits per heavy atom. The molecule has 100 valence electrons. The Morgan fingerprint density at radius 3 is 2.75 bits per heavy atom. The van der Waals surface area contributed by atoms with Crippen LogP contribution in [0.15, 0.2) is 48.8 Å². The van der Waals surface area contributed by atoms with E-state index in [4.69, 9.17) is 27.9 Å². The fourth-order valence-electron chi connectivity index (χ4n) is 1.84. The number of alkyl halides is 1. The van der Waals surface area contributed by atoms with E-state index in [1.807, 2.05) is 30.3 Å². The van der Waals surface area contributed by atoms with E-state index in [0.717, 1.165) is 16.5 Å². The molecule has 0 fully saturated rings. The maximum Gasteiger partial charge on any atom is 0.219 e. The van der Waals surface area contributed by atoms with Gasteiger partial charge in [0.1, 0.15) is 5.75 Å². The third kappa shape index (κ3) is 2.69. The van der Waals surface area contributed by atoms with Gasteiger partial charge in [0.25, 0.3) is 0 Å². The van der Waals surface area contributed by atoms with Gasteiger partial charge in [0.2, 0.25) is 5.88 Å². The highest BCUT2D eigenvalue weighted by atomic mass is 35.5. The molecule has 0 atom stereocenters. The number of ether oxygens (including phenoxy) is 1. The molecule has 20 heavy (non-hydrogen) atoms. The molecule has 0 saturated heterocycles. The lowest BCUT2D eigenvalue weighted by atomic mass is 10.2. The molecule has 0 unspecified atom stereocenters. The molecular weight excluding hydrogens is 295 g/mol. The predicted octanol–water partition coefficient (Wildman–Crippen LogP) is 4.81. The van der Waals surface area contributed by atoms with Crippen LogP contribution in [0.5, 0.6) is 11.6 Å². The quantitative estimate of drug-likeness (QED) is 0.651. The molecular formula is C15H10Cl2N2O. The van der Waals surface area contributed by atoms with Crippen LogP contribution in [0.25, 0.3) is 10.9 Å². The Labute approximate surface area is 126 Å². The summed E-state index contributed by atoms with van der Waals surface area (Å²) in [4.78, 5) is 8.45. The first kappa shape index (κ1) is 13.2. The minimum Gasteiger partial charge on any atom is -0.437 e. The normalized spacial score (nSPS) is 10.7. The second kappa shape index (κ2) is 5.65. The van der Waals surface area contributed by atoms with Gasteiger partial charge in [0.15, 0.2) is 0 Å². The first-order chi connectivity index (χ1) is 9.76. The van der Waals surface area contributed by atoms with E-state index in [1.54, 1.807) is 12.3 Å². The van der Waals surface area contributed by atoms with E-state index < -0.39 is 0 Å². The van der Waals surface area contributed by atoms with Crippen molar-refractivity contribution in [1.82, 2.24) is 9.97 Å². The molecule has 0 spiro atoms. The van der Waals surface area contributed by atoms with Crippen LogP contribution in [-0.4, -0.2) is 9.97 Å². The number of rotatable bonds is 3. The van der Waals surface area contributed by atoms with Crippen molar-refractivity contribution in [3.05, 3.63) is 59.4 Å². The molecule has 3 aromatic rings. The Kier molecular flexibility index (Phi) is 3.72. The average molecular weight is 305 g/mol. The molecule has 3 nitrogen and oxygen atoms in total. The SMILES string of the molecule is ClCc1cc(Oc2cnc3ccccc3c2)ncc1Cl. The molecule has 0 saturated carbocycles. The van der Waals surface area contributed by atoms with E-state index in [1.165, 1.54) is 6.20 Å². The number of hydrogen-bond acceptors (Lipinski definition) is 3. The number of pyridine rings is 2. The lowest BCUT2D eigenvalue weighted by Gasteiger charge is -2.07. The van der Waals surface area contributed by atoms with Gasteiger partial charge in [-0.1, -0.05) is 29.8 Å². The summed E-state index contributed by atoms with van der Waals surface area (Å²) in [6.45, 7) is 0. The molecule has 2 heterocycles. The van der Waals surface area contributed by atoms with E-state index in [0.29, 0.717) is 22.5 Å². The summed E-state index contributed by atoms with van der Waals surface area (Å²) >= 11 is 11.8. The maximum atomic E-state index is 5.96. The molecule has 0 radical (unpaired) electrons. The number of halogens is 2. The Hall–Kier alpha value is -1.84. The second-order valence-corrected chi connectivity index (χ2v) is 4.89. The van der Waals surface area contributed by atoms with Gasteiger partial charge < -0.3 is 4.74 Å². The van der Waals surface area contributed by atoms with E-state index >= 15 is 0 Å². The monoisotopic (exact) mass is 304 g/mol. The van der Waals surface area contributed by atoms with Crippen molar-refractivity contribution in [3.8, 4) is 11.6 Å². The Bertz CT molecular complexity index is 762. The number of nitrogens with zero attached hydrogens (tertiary/aromatic N) is 2. The molecule has 0 bridgehead atoms. The molecule has 2 aromatic heterocycles. The molecule has 5 heteroatoms. The Balaban J connectivity index is 1.92. The van der Waals surface area contributed by atoms with Gasteiger partial charge in [-0.3, -0.25) is 4.98 Å². The highest BCUT2D eigenvalue weighted by Gasteiger charge is 2.05. The lowest BCUT2D eigenvalue weighted by Crippen LogP contribution is -1.91. The van der Waals surface area contributed by atoms with Crippen LogP contribution >= 0.6 is 23.2 Å². The molecule has 3 rings (SSSR count). The van der Waals surface area contributed by atoms with Gasteiger partial charge in [-0.25, -0.2) is 4.98 Å². The van der Waals surface area contributed by atoms with Crippen LogP contribution in [0.2, 0.25) is 5.02 Å². The van der Waals surface area contributed by atoms with Crippen molar-refractivity contribution in [3.63, 3.8) is 0 Å². The predicted molar refractivity (Wildman–Crippen MR) is 80.6 cm³/mol. The van der Waals surface area contributed by atoms with Gasteiger partial charge in [0, 0.05) is 23.5 Å². The summed E-state index contributed by atoms with van der Waals surface area (Å²) in [5.41, 5.74) is 1.71. The minimum absolute atomic E-state index is 0.313. The van der Waals surface area contributed by atoms with E-state index in [-0.39, 0.29) is 0 Å². The standard InChI is InChI=1S/C15H10Cl2N2O/c16-7-11-6-15(19-9-13(11)17)20-12-5-10-3-1-2-4-14(10)18-8-12/h1-6,8-9H,7H2. The van der Waals surface area contributed by atoms with Crippen LogP contribution in [0, 0.1) is 0 Å². The summed E-state index contributed by atoms with van der Waals surface area (Å²) in [5, 5.41) is 1.54. The van der Waals surface area contributed by atoms with Crippen LogP contribution in [0.3, 0.4) is 0 Å². The van der Waals surface area contributed by atoms with Gasteiger partial charge in [0.05, 0.1) is 16.7 Å². The fraction of sp³-hybridized carbons (Fsp3) is 0.0667. The van der Waals surface area contributed by atoms with Crippen molar-refractivity contribution in [2.45, 2.75) is 5.88 Å². The second-order valence-electron chi connectivity index (χ2n) is 4.21. The lowest BCUT2D eigenvalue weighted by molar-refractivity contribution is 0.461. The van der Waals surface area contributed by atoms with Gasteiger partial charge in [-0.15, -0.1) is 11.6 Å². The first-order valence-corrected chi connectivity index (χ1v) is 6.90. The molecule has 0 aliphatic heterocycles. The average Bonchev–Trinajstić information content (AvgIpc) is 2.49. The zero-order chi connectivity index (χ0) is 13.9.